The van der Waals surface area contributed by atoms with Crippen LogP contribution in [0, 0.1) is 0 Å². The zero-order valence-electron chi connectivity index (χ0n) is 9.88. The number of nitrogens with zero attached hydrogens (tertiary/aromatic N) is 4. The molecule has 0 aliphatic carbocycles. The molecule has 0 aliphatic heterocycles. The molecule has 0 bridgehead atoms. The number of fused-ring (bicyclic) bond motifs is 1. The molecule has 2 aromatic rings. The van der Waals surface area contributed by atoms with E-state index in [-0.39, 0.29) is 6.04 Å². The summed E-state index contributed by atoms with van der Waals surface area (Å²) in [7, 11) is 3.96. The van der Waals surface area contributed by atoms with Crippen molar-refractivity contribution in [1.29, 1.82) is 0 Å². The Labute approximate surface area is 94.9 Å². The molecule has 0 saturated carbocycles. The largest absolute Gasteiger partial charge is 0.356 e. The summed E-state index contributed by atoms with van der Waals surface area (Å²) in [6.45, 7) is 2.75. The second kappa shape index (κ2) is 4.09. The summed E-state index contributed by atoms with van der Waals surface area (Å²) in [5, 5.41) is 0. The SMILES string of the molecule is CC(N)CN(C)c1nccc2c1ncn2C. The highest BCUT2D eigenvalue weighted by Gasteiger charge is 2.11. The lowest BCUT2D eigenvalue weighted by atomic mass is 10.3. The van der Waals surface area contributed by atoms with Gasteiger partial charge in [-0.25, -0.2) is 9.97 Å². The molecule has 1 unspecified atom stereocenters. The Balaban J connectivity index is 2.44. The summed E-state index contributed by atoms with van der Waals surface area (Å²) >= 11 is 0. The molecule has 16 heavy (non-hydrogen) atoms. The molecule has 0 aromatic carbocycles. The van der Waals surface area contributed by atoms with E-state index in [1.165, 1.54) is 0 Å². The van der Waals surface area contributed by atoms with Gasteiger partial charge in [0.1, 0.15) is 5.52 Å². The van der Waals surface area contributed by atoms with Gasteiger partial charge in [-0.05, 0) is 13.0 Å². The van der Waals surface area contributed by atoms with Gasteiger partial charge in [0.25, 0.3) is 0 Å². The molecule has 86 valence electrons. The first-order chi connectivity index (χ1) is 7.59. The van der Waals surface area contributed by atoms with Crippen LogP contribution in [0.15, 0.2) is 18.6 Å². The first kappa shape index (κ1) is 10.9. The van der Waals surface area contributed by atoms with Crippen molar-refractivity contribution >= 4 is 16.9 Å². The smallest absolute Gasteiger partial charge is 0.156 e. The quantitative estimate of drug-likeness (QED) is 0.827. The van der Waals surface area contributed by atoms with Gasteiger partial charge in [-0.2, -0.15) is 0 Å². The van der Waals surface area contributed by atoms with Crippen molar-refractivity contribution in [3.05, 3.63) is 18.6 Å². The first-order valence-corrected chi connectivity index (χ1v) is 5.32. The topological polar surface area (TPSA) is 60.0 Å². The summed E-state index contributed by atoms with van der Waals surface area (Å²) in [6.07, 6.45) is 3.60. The highest BCUT2D eigenvalue weighted by molar-refractivity contribution is 5.86. The Morgan fingerprint density at radius 3 is 2.94 bits per heavy atom. The van der Waals surface area contributed by atoms with Gasteiger partial charge in [-0.15, -0.1) is 0 Å². The number of aromatic nitrogens is 3. The van der Waals surface area contributed by atoms with Crippen LogP contribution >= 0.6 is 0 Å². The fourth-order valence-electron chi connectivity index (χ4n) is 1.85. The van der Waals surface area contributed by atoms with Crippen LogP contribution in [0.4, 0.5) is 5.82 Å². The maximum Gasteiger partial charge on any atom is 0.156 e. The molecule has 0 radical (unpaired) electrons. The number of imidazole rings is 1. The second-order valence-electron chi connectivity index (χ2n) is 4.22. The number of aryl methyl sites for hydroxylation is 1. The molecule has 1 atom stereocenters. The van der Waals surface area contributed by atoms with Gasteiger partial charge in [0.05, 0.1) is 11.8 Å². The standard InChI is InChI=1S/C11H17N5/c1-8(12)6-15(2)11-10-9(4-5-13-11)16(3)7-14-10/h4-5,7-8H,6,12H2,1-3H3. The zero-order valence-corrected chi connectivity index (χ0v) is 9.88. The third-order valence-corrected chi connectivity index (χ3v) is 2.55. The van der Waals surface area contributed by atoms with Gasteiger partial charge >= 0.3 is 0 Å². The fraction of sp³-hybridized carbons (Fsp3) is 0.455. The van der Waals surface area contributed by atoms with Crippen molar-refractivity contribution in [3.63, 3.8) is 0 Å². The summed E-state index contributed by atoms with van der Waals surface area (Å²) in [4.78, 5) is 10.8. The maximum absolute atomic E-state index is 5.78. The molecule has 2 N–H and O–H groups in total. The predicted molar refractivity (Wildman–Crippen MR) is 65.4 cm³/mol. The summed E-state index contributed by atoms with van der Waals surface area (Å²) in [5.41, 5.74) is 7.79. The Morgan fingerprint density at radius 2 is 2.25 bits per heavy atom. The van der Waals surface area contributed by atoms with E-state index in [2.05, 4.69) is 9.97 Å². The molecule has 5 heteroatoms. The van der Waals surface area contributed by atoms with E-state index >= 15 is 0 Å². The van der Waals surface area contributed by atoms with Crippen molar-refractivity contribution in [1.82, 2.24) is 14.5 Å². The van der Waals surface area contributed by atoms with E-state index in [4.69, 9.17) is 5.73 Å². The number of likely N-dealkylation sites (N-methyl/N-ethyl adjacent to an activating group) is 1. The second-order valence-corrected chi connectivity index (χ2v) is 4.22. The van der Waals surface area contributed by atoms with Crippen LogP contribution < -0.4 is 10.6 Å². The molecular weight excluding hydrogens is 202 g/mol. The van der Waals surface area contributed by atoms with Crippen LogP contribution in [0.2, 0.25) is 0 Å². The van der Waals surface area contributed by atoms with E-state index in [1.807, 2.05) is 36.6 Å². The van der Waals surface area contributed by atoms with Crippen molar-refractivity contribution in [2.45, 2.75) is 13.0 Å². The van der Waals surface area contributed by atoms with Crippen molar-refractivity contribution in [3.8, 4) is 0 Å². The molecule has 0 fully saturated rings. The highest BCUT2D eigenvalue weighted by atomic mass is 15.2. The third-order valence-electron chi connectivity index (χ3n) is 2.55. The number of nitrogens with two attached hydrogens (primary N) is 1. The van der Waals surface area contributed by atoms with E-state index in [1.54, 1.807) is 12.5 Å². The maximum atomic E-state index is 5.78. The Morgan fingerprint density at radius 1 is 1.50 bits per heavy atom. The number of anilines is 1. The van der Waals surface area contributed by atoms with Crippen LogP contribution in [0.1, 0.15) is 6.92 Å². The molecule has 2 heterocycles. The lowest BCUT2D eigenvalue weighted by Crippen LogP contribution is -2.33. The predicted octanol–water partition coefficient (Wildman–Crippen LogP) is 0.752. The number of hydrogen-bond acceptors (Lipinski definition) is 4. The Hall–Kier alpha value is -1.62. The molecule has 0 aliphatic rings. The van der Waals surface area contributed by atoms with Crippen LogP contribution in [-0.2, 0) is 7.05 Å². The minimum atomic E-state index is 0.116. The van der Waals surface area contributed by atoms with Crippen LogP contribution in [-0.4, -0.2) is 34.2 Å². The van der Waals surface area contributed by atoms with Crippen LogP contribution in [0.3, 0.4) is 0 Å². The molecule has 2 aromatic heterocycles. The fourth-order valence-corrected chi connectivity index (χ4v) is 1.85. The van der Waals surface area contributed by atoms with Crippen LogP contribution in [0.5, 0.6) is 0 Å². The van der Waals surface area contributed by atoms with Gasteiger partial charge in [-0.3, -0.25) is 0 Å². The minimum absolute atomic E-state index is 0.116. The molecule has 0 amide bonds. The van der Waals surface area contributed by atoms with Crippen molar-refractivity contribution < 1.29 is 0 Å². The molecule has 2 rings (SSSR count). The number of hydrogen-bond donors (Lipinski definition) is 1. The van der Waals surface area contributed by atoms with Gasteiger partial charge in [0.2, 0.25) is 0 Å². The average molecular weight is 219 g/mol. The normalized spacial score (nSPS) is 13.0. The van der Waals surface area contributed by atoms with Gasteiger partial charge in [0.15, 0.2) is 5.82 Å². The molecule has 0 spiro atoms. The van der Waals surface area contributed by atoms with E-state index < -0.39 is 0 Å². The summed E-state index contributed by atoms with van der Waals surface area (Å²) in [6, 6.07) is 2.08. The summed E-state index contributed by atoms with van der Waals surface area (Å²) in [5.74, 6) is 0.885. The average Bonchev–Trinajstić information content (AvgIpc) is 2.59. The lowest BCUT2D eigenvalue weighted by molar-refractivity contribution is 0.713. The number of rotatable bonds is 3. The Kier molecular flexibility index (Phi) is 2.78. The molecular formula is C11H17N5. The number of pyridine rings is 1. The van der Waals surface area contributed by atoms with Crippen molar-refractivity contribution in [2.75, 3.05) is 18.5 Å². The highest BCUT2D eigenvalue weighted by Crippen LogP contribution is 2.21. The van der Waals surface area contributed by atoms with Crippen molar-refractivity contribution in [2.24, 2.45) is 12.8 Å². The Bertz CT molecular complexity index is 488. The minimum Gasteiger partial charge on any atom is -0.356 e. The van der Waals surface area contributed by atoms with Gasteiger partial charge in [-0.1, -0.05) is 0 Å². The van der Waals surface area contributed by atoms with E-state index in [0.717, 1.165) is 23.4 Å². The van der Waals surface area contributed by atoms with E-state index in [0.29, 0.717) is 0 Å². The lowest BCUT2D eigenvalue weighted by Gasteiger charge is -2.20. The van der Waals surface area contributed by atoms with Gasteiger partial charge < -0.3 is 15.2 Å². The van der Waals surface area contributed by atoms with E-state index in [9.17, 15) is 0 Å². The molecule has 5 nitrogen and oxygen atoms in total. The van der Waals surface area contributed by atoms with Gasteiger partial charge in [0, 0.05) is 32.9 Å². The third kappa shape index (κ3) is 1.86. The van der Waals surface area contributed by atoms with Crippen LogP contribution in [0.25, 0.3) is 11.0 Å². The zero-order chi connectivity index (χ0) is 11.7. The molecule has 0 saturated heterocycles. The first-order valence-electron chi connectivity index (χ1n) is 5.32. The monoisotopic (exact) mass is 219 g/mol. The summed E-state index contributed by atoms with van der Waals surface area (Å²) < 4.78 is 1.99.